The molecule has 2 heterocycles. The Morgan fingerprint density at radius 3 is 2.67 bits per heavy atom. The maximum Gasteiger partial charge on any atom is 0.256 e. The summed E-state index contributed by atoms with van der Waals surface area (Å²) in [6, 6.07) is 7.75. The Labute approximate surface area is 106 Å². The number of carbonyl (C=O) groups is 1. The lowest BCUT2D eigenvalue weighted by atomic mass is 10.0. The summed E-state index contributed by atoms with van der Waals surface area (Å²) in [6.07, 6.45) is 3.88. The summed E-state index contributed by atoms with van der Waals surface area (Å²) >= 11 is 0. The molecule has 0 spiro atoms. The maximum absolute atomic E-state index is 12.0. The van der Waals surface area contributed by atoms with Crippen molar-refractivity contribution in [2.45, 2.75) is 13.8 Å². The first-order chi connectivity index (χ1) is 8.66. The van der Waals surface area contributed by atoms with Gasteiger partial charge in [0.15, 0.2) is 0 Å². The number of aryl methyl sites for hydroxylation is 1. The van der Waals surface area contributed by atoms with E-state index in [0.717, 1.165) is 22.5 Å². The molecule has 0 saturated carbocycles. The number of anilines is 1. The lowest BCUT2D eigenvalue weighted by molar-refractivity contribution is -0.110. The minimum absolute atomic E-state index is 0.0390. The van der Waals surface area contributed by atoms with Crippen LogP contribution in [0.1, 0.15) is 22.4 Å². The predicted molar refractivity (Wildman–Crippen MR) is 73.2 cm³/mol. The molecule has 1 aliphatic heterocycles. The van der Waals surface area contributed by atoms with Gasteiger partial charge in [-0.2, -0.15) is 0 Å². The fourth-order valence-corrected chi connectivity index (χ4v) is 2.19. The van der Waals surface area contributed by atoms with Gasteiger partial charge < -0.3 is 10.3 Å². The molecule has 1 amide bonds. The van der Waals surface area contributed by atoms with E-state index >= 15 is 0 Å². The van der Waals surface area contributed by atoms with Crippen LogP contribution in [-0.4, -0.2) is 10.9 Å². The van der Waals surface area contributed by atoms with Gasteiger partial charge in [-0.05, 0) is 37.1 Å². The Morgan fingerprint density at radius 1 is 1.17 bits per heavy atom. The normalized spacial score (nSPS) is 15.9. The zero-order valence-corrected chi connectivity index (χ0v) is 10.4. The number of aromatic amines is 1. The molecule has 0 unspecified atom stereocenters. The second-order valence-electron chi connectivity index (χ2n) is 4.57. The third-order valence-corrected chi connectivity index (χ3v) is 3.44. The molecular weight excluding hydrogens is 224 g/mol. The smallest absolute Gasteiger partial charge is 0.256 e. The number of benzene rings is 1. The Kier molecular flexibility index (Phi) is 2.33. The van der Waals surface area contributed by atoms with Crippen LogP contribution in [0.5, 0.6) is 0 Å². The van der Waals surface area contributed by atoms with Crippen molar-refractivity contribution in [3.8, 4) is 0 Å². The van der Waals surface area contributed by atoms with Crippen molar-refractivity contribution in [1.82, 2.24) is 4.98 Å². The second-order valence-corrected chi connectivity index (χ2v) is 4.57. The molecule has 18 heavy (non-hydrogen) atoms. The van der Waals surface area contributed by atoms with Gasteiger partial charge in [-0.3, -0.25) is 4.79 Å². The molecule has 2 N–H and O–H groups in total. The van der Waals surface area contributed by atoms with Crippen molar-refractivity contribution in [1.29, 1.82) is 0 Å². The van der Waals surface area contributed by atoms with Crippen LogP contribution >= 0.6 is 0 Å². The number of fused-ring (bicyclic) bond motifs is 1. The SMILES string of the molecule is Cc1c[nH]c(/C=C2/C(=O)Nc3ccccc32)c1C. The van der Waals surface area contributed by atoms with Gasteiger partial charge in [0, 0.05) is 23.1 Å². The zero-order valence-electron chi connectivity index (χ0n) is 10.4. The molecule has 3 rings (SSSR count). The molecule has 1 aliphatic rings. The third kappa shape index (κ3) is 1.56. The number of amides is 1. The van der Waals surface area contributed by atoms with Gasteiger partial charge in [-0.1, -0.05) is 18.2 Å². The van der Waals surface area contributed by atoms with E-state index in [1.165, 1.54) is 11.1 Å². The van der Waals surface area contributed by atoms with Gasteiger partial charge in [-0.15, -0.1) is 0 Å². The average Bonchev–Trinajstić information content (AvgIpc) is 2.85. The summed E-state index contributed by atoms with van der Waals surface area (Å²) in [7, 11) is 0. The molecule has 3 heteroatoms. The molecule has 0 radical (unpaired) electrons. The Bertz CT molecular complexity index is 665. The Morgan fingerprint density at radius 2 is 1.94 bits per heavy atom. The number of rotatable bonds is 1. The summed E-state index contributed by atoms with van der Waals surface area (Å²) in [5, 5.41) is 2.87. The van der Waals surface area contributed by atoms with Gasteiger partial charge >= 0.3 is 0 Å². The molecule has 2 aromatic rings. The van der Waals surface area contributed by atoms with Gasteiger partial charge in [0.25, 0.3) is 5.91 Å². The molecule has 0 aliphatic carbocycles. The standard InChI is InChI=1S/C15H14N2O/c1-9-8-16-14(10(9)2)7-12-11-5-3-4-6-13(11)17-15(12)18/h3-8,16H,1-2H3,(H,17,18)/b12-7+. The van der Waals surface area contributed by atoms with Crippen molar-refractivity contribution >= 4 is 23.2 Å². The van der Waals surface area contributed by atoms with E-state index in [1.54, 1.807) is 0 Å². The molecule has 0 bridgehead atoms. The van der Waals surface area contributed by atoms with Gasteiger partial charge in [0.2, 0.25) is 0 Å². The minimum atomic E-state index is -0.0390. The Hall–Kier alpha value is -2.29. The average molecular weight is 238 g/mol. The van der Waals surface area contributed by atoms with Crippen LogP contribution in [0, 0.1) is 13.8 Å². The lowest BCUT2D eigenvalue weighted by Crippen LogP contribution is -2.03. The van der Waals surface area contributed by atoms with E-state index in [9.17, 15) is 4.79 Å². The van der Waals surface area contributed by atoms with Crippen LogP contribution in [0.25, 0.3) is 11.6 Å². The van der Waals surface area contributed by atoms with Crippen LogP contribution in [0.4, 0.5) is 5.69 Å². The van der Waals surface area contributed by atoms with E-state index in [4.69, 9.17) is 0 Å². The topological polar surface area (TPSA) is 44.9 Å². The van der Waals surface area contributed by atoms with Crippen molar-refractivity contribution in [3.05, 3.63) is 52.8 Å². The highest BCUT2D eigenvalue weighted by atomic mass is 16.2. The first-order valence-electron chi connectivity index (χ1n) is 5.94. The molecule has 1 aromatic heterocycles. The van der Waals surface area contributed by atoms with Gasteiger partial charge in [-0.25, -0.2) is 0 Å². The quantitative estimate of drug-likeness (QED) is 0.737. The molecule has 90 valence electrons. The first-order valence-corrected chi connectivity index (χ1v) is 5.94. The molecule has 3 nitrogen and oxygen atoms in total. The molecular formula is C15H14N2O. The van der Waals surface area contributed by atoms with Crippen molar-refractivity contribution in [3.63, 3.8) is 0 Å². The third-order valence-electron chi connectivity index (χ3n) is 3.44. The highest BCUT2D eigenvalue weighted by Gasteiger charge is 2.23. The highest BCUT2D eigenvalue weighted by molar-refractivity contribution is 6.34. The van der Waals surface area contributed by atoms with Crippen molar-refractivity contribution in [2.75, 3.05) is 5.32 Å². The number of nitrogens with one attached hydrogen (secondary N) is 2. The van der Waals surface area contributed by atoms with E-state index in [1.807, 2.05) is 36.5 Å². The van der Waals surface area contributed by atoms with E-state index in [2.05, 4.69) is 24.1 Å². The predicted octanol–water partition coefficient (Wildman–Crippen LogP) is 3.12. The molecule has 0 saturated heterocycles. The van der Waals surface area contributed by atoms with E-state index < -0.39 is 0 Å². The summed E-state index contributed by atoms with van der Waals surface area (Å²) in [5.74, 6) is -0.0390. The van der Waals surface area contributed by atoms with E-state index in [-0.39, 0.29) is 5.91 Å². The largest absolute Gasteiger partial charge is 0.361 e. The van der Waals surface area contributed by atoms with Crippen LogP contribution in [-0.2, 0) is 4.79 Å². The van der Waals surface area contributed by atoms with Crippen molar-refractivity contribution < 1.29 is 4.79 Å². The maximum atomic E-state index is 12.0. The fourth-order valence-electron chi connectivity index (χ4n) is 2.19. The number of hydrogen-bond donors (Lipinski definition) is 2. The monoisotopic (exact) mass is 238 g/mol. The lowest BCUT2D eigenvalue weighted by Gasteiger charge is -1.98. The zero-order chi connectivity index (χ0) is 12.7. The summed E-state index contributed by atoms with van der Waals surface area (Å²) < 4.78 is 0. The number of para-hydroxylation sites is 1. The second kappa shape index (κ2) is 3.88. The Balaban J connectivity index is 2.12. The summed E-state index contributed by atoms with van der Waals surface area (Å²) in [5.41, 5.74) is 5.95. The molecule has 0 atom stereocenters. The summed E-state index contributed by atoms with van der Waals surface area (Å²) in [6.45, 7) is 4.10. The van der Waals surface area contributed by atoms with Crippen LogP contribution in [0.15, 0.2) is 30.5 Å². The van der Waals surface area contributed by atoms with Gasteiger partial charge in [0.05, 0.1) is 5.57 Å². The molecule has 1 aromatic carbocycles. The van der Waals surface area contributed by atoms with Crippen molar-refractivity contribution in [2.24, 2.45) is 0 Å². The number of hydrogen-bond acceptors (Lipinski definition) is 1. The first kappa shape index (κ1) is 10.8. The highest BCUT2D eigenvalue weighted by Crippen LogP contribution is 2.33. The fraction of sp³-hybridized carbons (Fsp3) is 0.133. The van der Waals surface area contributed by atoms with Crippen LogP contribution < -0.4 is 5.32 Å². The van der Waals surface area contributed by atoms with Crippen LogP contribution in [0.2, 0.25) is 0 Å². The minimum Gasteiger partial charge on any atom is -0.361 e. The van der Waals surface area contributed by atoms with Crippen LogP contribution in [0.3, 0.4) is 0 Å². The molecule has 0 fully saturated rings. The number of aromatic nitrogens is 1. The summed E-state index contributed by atoms with van der Waals surface area (Å²) in [4.78, 5) is 15.2. The van der Waals surface area contributed by atoms with Gasteiger partial charge in [0.1, 0.15) is 0 Å². The van der Waals surface area contributed by atoms with E-state index in [0.29, 0.717) is 0 Å². The number of carbonyl (C=O) groups excluding carboxylic acids is 1. The number of H-pyrrole nitrogens is 1.